The van der Waals surface area contributed by atoms with E-state index in [4.69, 9.17) is 4.74 Å². The smallest absolute Gasteiger partial charge is 0.233 e. The predicted octanol–water partition coefficient (Wildman–Crippen LogP) is 2.73. The van der Waals surface area contributed by atoms with Gasteiger partial charge in [-0.05, 0) is 24.8 Å². The van der Waals surface area contributed by atoms with E-state index < -0.39 is 0 Å². The molecule has 0 atom stereocenters. The highest BCUT2D eigenvalue weighted by atomic mass is 16.5. The highest BCUT2D eigenvalue weighted by molar-refractivity contribution is 5.92. The largest absolute Gasteiger partial charge is 0.360 e. The van der Waals surface area contributed by atoms with E-state index in [1.807, 2.05) is 29.3 Å². The molecule has 1 saturated heterocycles. The van der Waals surface area contributed by atoms with E-state index in [0.29, 0.717) is 19.7 Å². The van der Waals surface area contributed by atoms with Gasteiger partial charge in [-0.2, -0.15) is 0 Å². The Hall–Kier alpha value is -2.27. The van der Waals surface area contributed by atoms with Gasteiger partial charge in [0.25, 0.3) is 0 Å². The number of aryl methyl sites for hydroxylation is 1. The van der Waals surface area contributed by atoms with E-state index in [1.165, 1.54) is 0 Å². The number of benzene rings is 1. The molecule has 3 aliphatic rings. The minimum absolute atomic E-state index is 0.245. The Bertz CT molecular complexity index is 855. The van der Waals surface area contributed by atoms with Crippen molar-refractivity contribution in [1.82, 2.24) is 14.9 Å². The van der Waals surface area contributed by atoms with Crippen LogP contribution in [0, 0.1) is 0 Å². The third-order valence-corrected chi connectivity index (χ3v) is 6.03. The van der Waals surface area contributed by atoms with Gasteiger partial charge in [0.2, 0.25) is 5.91 Å². The summed E-state index contributed by atoms with van der Waals surface area (Å²) in [5.41, 5.74) is 2.53. The zero-order valence-corrected chi connectivity index (χ0v) is 15.1. The summed E-state index contributed by atoms with van der Waals surface area (Å²) in [6.45, 7) is 3.89. The quantitative estimate of drug-likeness (QED) is 0.852. The second kappa shape index (κ2) is 5.61. The van der Waals surface area contributed by atoms with Crippen LogP contribution < -0.4 is 0 Å². The number of amides is 1. The van der Waals surface area contributed by atoms with Crippen LogP contribution in [-0.4, -0.2) is 33.9 Å². The molecule has 1 saturated carbocycles. The minimum Gasteiger partial charge on any atom is -0.360 e. The monoisotopic (exact) mass is 349 g/mol. The SMILES string of the molecule is CCCc1ncc2c(n1)COC21CN(C(=O)C2(c3ccccc3)CC2)C1. The van der Waals surface area contributed by atoms with E-state index >= 15 is 0 Å². The maximum Gasteiger partial charge on any atom is 0.233 e. The van der Waals surface area contributed by atoms with Crippen LogP contribution in [0.15, 0.2) is 36.5 Å². The molecular weight excluding hydrogens is 326 g/mol. The van der Waals surface area contributed by atoms with Crippen LogP contribution in [0.2, 0.25) is 0 Å². The molecule has 134 valence electrons. The van der Waals surface area contributed by atoms with Crippen molar-refractivity contribution in [2.24, 2.45) is 0 Å². The third kappa shape index (κ3) is 2.23. The van der Waals surface area contributed by atoms with Crippen molar-refractivity contribution in [2.75, 3.05) is 13.1 Å². The lowest BCUT2D eigenvalue weighted by Crippen LogP contribution is -2.63. The highest BCUT2D eigenvalue weighted by Gasteiger charge is 2.59. The first kappa shape index (κ1) is 15.9. The molecule has 5 rings (SSSR count). The molecule has 1 aromatic carbocycles. The number of aromatic nitrogens is 2. The van der Waals surface area contributed by atoms with Gasteiger partial charge in [0.15, 0.2) is 0 Å². The Morgan fingerprint density at radius 2 is 2.00 bits per heavy atom. The summed E-state index contributed by atoms with van der Waals surface area (Å²) in [7, 11) is 0. The number of carbonyl (C=O) groups is 1. The third-order valence-electron chi connectivity index (χ3n) is 6.03. The average molecular weight is 349 g/mol. The van der Waals surface area contributed by atoms with E-state index in [1.54, 1.807) is 0 Å². The number of hydrogen-bond donors (Lipinski definition) is 0. The van der Waals surface area contributed by atoms with E-state index in [9.17, 15) is 4.79 Å². The summed E-state index contributed by atoms with van der Waals surface area (Å²) in [4.78, 5) is 24.3. The van der Waals surface area contributed by atoms with Crippen molar-refractivity contribution in [3.63, 3.8) is 0 Å². The summed E-state index contributed by atoms with van der Waals surface area (Å²) < 4.78 is 6.10. The molecule has 1 aliphatic carbocycles. The number of likely N-dealkylation sites (tertiary alicyclic amines) is 1. The normalized spacial score (nSPS) is 21.3. The Morgan fingerprint density at radius 1 is 1.23 bits per heavy atom. The van der Waals surface area contributed by atoms with Gasteiger partial charge < -0.3 is 9.64 Å². The summed E-state index contributed by atoms with van der Waals surface area (Å²) in [6.07, 6.45) is 5.74. The second-order valence-corrected chi connectivity index (χ2v) is 7.79. The number of hydrogen-bond acceptors (Lipinski definition) is 4. The number of ether oxygens (including phenoxy) is 1. The topological polar surface area (TPSA) is 55.3 Å². The lowest BCUT2D eigenvalue weighted by atomic mass is 9.84. The molecule has 0 N–H and O–H groups in total. The average Bonchev–Trinajstić information content (AvgIpc) is 3.36. The molecule has 1 spiro atoms. The number of fused-ring (bicyclic) bond motifs is 2. The number of carbonyl (C=O) groups excluding carboxylic acids is 1. The number of nitrogens with zero attached hydrogens (tertiary/aromatic N) is 3. The van der Waals surface area contributed by atoms with E-state index in [-0.39, 0.29) is 16.9 Å². The van der Waals surface area contributed by atoms with Crippen molar-refractivity contribution in [3.05, 3.63) is 59.2 Å². The second-order valence-electron chi connectivity index (χ2n) is 7.79. The summed E-state index contributed by atoms with van der Waals surface area (Å²) in [6, 6.07) is 10.2. The number of rotatable bonds is 4. The van der Waals surface area contributed by atoms with Crippen molar-refractivity contribution >= 4 is 5.91 Å². The molecule has 0 bridgehead atoms. The standard InChI is InChI=1S/C21H23N3O2/c1-2-6-18-22-11-16-17(23-18)12-26-21(16)13-24(14-21)19(25)20(9-10-20)15-7-4-3-5-8-15/h3-5,7-8,11H,2,6,9-10,12-14H2,1H3. The summed E-state index contributed by atoms with van der Waals surface area (Å²) in [5.74, 6) is 1.13. The molecule has 26 heavy (non-hydrogen) atoms. The van der Waals surface area contributed by atoms with E-state index in [0.717, 1.165) is 48.3 Å². The molecule has 1 aromatic heterocycles. The molecule has 2 aromatic rings. The lowest BCUT2D eigenvalue weighted by molar-refractivity contribution is -0.171. The molecule has 1 amide bonds. The predicted molar refractivity (Wildman–Crippen MR) is 96.4 cm³/mol. The first-order chi connectivity index (χ1) is 12.7. The maximum absolute atomic E-state index is 13.1. The van der Waals surface area contributed by atoms with Gasteiger partial charge in [0.05, 0.1) is 30.8 Å². The summed E-state index contributed by atoms with van der Waals surface area (Å²) in [5, 5.41) is 0. The fourth-order valence-electron chi connectivity index (χ4n) is 4.36. The molecule has 2 aliphatic heterocycles. The molecule has 0 radical (unpaired) electrons. The van der Waals surface area contributed by atoms with Crippen LogP contribution in [0.1, 0.15) is 48.8 Å². The zero-order chi connectivity index (χ0) is 17.8. The van der Waals surface area contributed by atoms with Crippen molar-refractivity contribution < 1.29 is 9.53 Å². The van der Waals surface area contributed by atoms with Crippen molar-refractivity contribution in [1.29, 1.82) is 0 Å². The zero-order valence-electron chi connectivity index (χ0n) is 15.1. The van der Waals surface area contributed by atoms with Gasteiger partial charge >= 0.3 is 0 Å². The van der Waals surface area contributed by atoms with Crippen molar-refractivity contribution in [3.8, 4) is 0 Å². The maximum atomic E-state index is 13.1. The van der Waals surface area contributed by atoms with Crippen molar-refractivity contribution in [2.45, 2.75) is 50.2 Å². The molecule has 5 nitrogen and oxygen atoms in total. The van der Waals surface area contributed by atoms with Crippen LogP contribution in [0.3, 0.4) is 0 Å². The fourth-order valence-corrected chi connectivity index (χ4v) is 4.36. The van der Waals surface area contributed by atoms with Crippen LogP contribution in [0.25, 0.3) is 0 Å². The molecule has 5 heteroatoms. The van der Waals surface area contributed by atoms with Gasteiger partial charge in [-0.15, -0.1) is 0 Å². The molecule has 2 fully saturated rings. The lowest BCUT2D eigenvalue weighted by Gasteiger charge is -2.48. The molecular formula is C21H23N3O2. The molecule has 3 heterocycles. The Labute approximate surface area is 153 Å². The first-order valence-corrected chi connectivity index (χ1v) is 9.51. The van der Waals surface area contributed by atoms with Gasteiger partial charge in [-0.25, -0.2) is 9.97 Å². The first-order valence-electron chi connectivity index (χ1n) is 9.51. The Kier molecular flexibility index (Phi) is 3.44. The minimum atomic E-state index is -0.386. The van der Waals surface area contributed by atoms with Gasteiger partial charge in [-0.1, -0.05) is 37.3 Å². The van der Waals surface area contributed by atoms with Crippen LogP contribution >= 0.6 is 0 Å². The Morgan fingerprint density at radius 3 is 2.69 bits per heavy atom. The van der Waals surface area contributed by atoms with Crippen LogP contribution in [-0.2, 0) is 33.6 Å². The van der Waals surface area contributed by atoms with E-state index in [2.05, 4.69) is 29.0 Å². The van der Waals surface area contributed by atoms with Gasteiger partial charge in [0.1, 0.15) is 11.4 Å². The van der Waals surface area contributed by atoms with Crippen LogP contribution in [0.4, 0.5) is 0 Å². The summed E-state index contributed by atoms with van der Waals surface area (Å²) >= 11 is 0. The Balaban J connectivity index is 1.34. The van der Waals surface area contributed by atoms with Gasteiger partial charge in [0, 0.05) is 18.2 Å². The van der Waals surface area contributed by atoms with Crippen LogP contribution in [0.5, 0.6) is 0 Å². The molecule has 0 unspecified atom stereocenters. The highest BCUT2D eigenvalue weighted by Crippen LogP contribution is 2.52. The fraction of sp³-hybridized carbons (Fsp3) is 0.476. The van der Waals surface area contributed by atoms with Gasteiger partial charge in [-0.3, -0.25) is 4.79 Å².